The van der Waals surface area contributed by atoms with Gasteiger partial charge < -0.3 is 0 Å². The maximum atomic E-state index is 10.6. The molecule has 0 radical (unpaired) electrons. The summed E-state index contributed by atoms with van der Waals surface area (Å²) in [5, 5.41) is 0. The van der Waals surface area contributed by atoms with Crippen LogP contribution >= 0.6 is 10.7 Å². The molecule has 0 amide bonds. The molecule has 0 aliphatic carbocycles. The van der Waals surface area contributed by atoms with Crippen molar-refractivity contribution in [3.63, 3.8) is 0 Å². The standard InChI is InChI=1S/C8H18ClNO2S/c1-3-4-5-6-7-8(2)10-13(9,11)12/h8,10H,3-7H2,1-2H3. The number of hydrogen-bond acceptors (Lipinski definition) is 2. The first-order valence-corrected chi connectivity index (χ1v) is 6.98. The van der Waals surface area contributed by atoms with Gasteiger partial charge in [-0.2, -0.15) is 13.1 Å². The molecule has 1 unspecified atom stereocenters. The molecule has 0 aromatic rings. The summed E-state index contributed by atoms with van der Waals surface area (Å²) >= 11 is 0. The molecule has 0 saturated heterocycles. The van der Waals surface area contributed by atoms with Gasteiger partial charge in [0.25, 0.3) is 9.24 Å². The van der Waals surface area contributed by atoms with Gasteiger partial charge >= 0.3 is 0 Å². The fourth-order valence-corrected chi connectivity index (χ4v) is 2.23. The third kappa shape index (κ3) is 10.1. The molecule has 0 aromatic carbocycles. The van der Waals surface area contributed by atoms with Crippen molar-refractivity contribution in [3.05, 3.63) is 0 Å². The second-order valence-electron chi connectivity index (χ2n) is 3.31. The van der Waals surface area contributed by atoms with Crippen molar-refractivity contribution in [2.24, 2.45) is 0 Å². The van der Waals surface area contributed by atoms with Crippen LogP contribution in [0.1, 0.15) is 46.0 Å². The Morgan fingerprint density at radius 3 is 2.38 bits per heavy atom. The van der Waals surface area contributed by atoms with Gasteiger partial charge in [0.1, 0.15) is 0 Å². The normalized spacial score (nSPS) is 14.4. The summed E-state index contributed by atoms with van der Waals surface area (Å²) in [6, 6.07) is -0.0562. The van der Waals surface area contributed by atoms with Gasteiger partial charge in [-0.3, -0.25) is 0 Å². The summed E-state index contributed by atoms with van der Waals surface area (Å²) in [4.78, 5) is 0. The predicted octanol–water partition coefficient (Wildman–Crippen LogP) is 2.42. The van der Waals surface area contributed by atoms with E-state index in [2.05, 4.69) is 11.6 Å². The smallest absolute Gasteiger partial charge is 0.199 e. The van der Waals surface area contributed by atoms with E-state index in [0.29, 0.717) is 0 Å². The number of nitrogens with one attached hydrogen (secondary N) is 1. The largest absolute Gasteiger partial charge is 0.297 e. The van der Waals surface area contributed by atoms with Gasteiger partial charge in [-0.05, 0) is 13.3 Å². The minimum atomic E-state index is -3.54. The summed E-state index contributed by atoms with van der Waals surface area (Å²) in [6.07, 6.45) is 5.46. The predicted molar refractivity (Wildman–Crippen MR) is 56.1 cm³/mol. The summed E-state index contributed by atoms with van der Waals surface area (Å²) in [5.41, 5.74) is 0. The molecule has 1 atom stereocenters. The fourth-order valence-electron chi connectivity index (χ4n) is 1.18. The fraction of sp³-hybridized carbons (Fsp3) is 1.00. The van der Waals surface area contributed by atoms with E-state index in [4.69, 9.17) is 10.7 Å². The van der Waals surface area contributed by atoms with Gasteiger partial charge in [0.05, 0.1) is 0 Å². The van der Waals surface area contributed by atoms with E-state index in [1.54, 1.807) is 0 Å². The lowest BCUT2D eigenvalue weighted by Crippen LogP contribution is -2.28. The lowest BCUT2D eigenvalue weighted by atomic mass is 10.1. The molecule has 0 aliphatic heterocycles. The van der Waals surface area contributed by atoms with Crippen molar-refractivity contribution in [2.75, 3.05) is 0 Å². The van der Waals surface area contributed by atoms with E-state index < -0.39 is 9.24 Å². The molecule has 5 heteroatoms. The van der Waals surface area contributed by atoms with Crippen LogP contribution in [-0.2, 0) is 9.24 Å². The van der Waals surface area contributed by atoms with Crippen LogP contribution in [-0.4, -0.2) is 14.5 Å². The Morgan fingerprint density at radius 1 is 1.31 bits per heavy atom. The molecule has 0 bridgehead atoms. The molecule has 13 heavy (non-hydrogen) atoms. The molecule has 3 nitrogen and oxygen atoms in total. The molecule has 1 N–H and O–H groups in total. The maximum absolute atomic E-state index is 10.6. The average molecular weight is 228 g/mol. The zero-order chi connectivity index (χ0) is 10.3. The molecule has 0 heterocycles. The highest BCUT2D eigenvalue weighted by Gasteiger charge is 2.09. The molecule has 80 valence electrons. The Bertz CT molecular complexity index is 216. The average Bonchev–Trinajstić information content (AvgIpc) is 1.94. The van der Waals surface area contributed by atoms with Crippen LogP contribution in [0.25, 0.3) is 0 Å². The molecule has 0 spiro atoms. The second-order valence-corrected chi connectivity index (χ2v) is 5.64. The number of hydrogen-bond donors (Lipinski definition) is 1. The molecular formula is C8H18ClNO2S. The van der Waals surface area contributed by atoms with Crippen molar-refractivity contribution in [1.82, 2.24) is 4.72 Å². The van der Waals surface area contributed by atoms with E-state index in [9.17, 15) is 8.42 Å². The van der Waals surface area contributed by atoms with Gasteiger partial charge in [0.15, 0.2) is 0 Å². The summed E-state index contributed by atoms with van der Waals surface area (Å²) < 4.78 is 23.5. The number of unbranched alkanes of at least 4 members (excludes halogenated alkanes) is 3. The van der Waals surface area contributed by atoms with E-state index in [1.807, 2.05) is 6.92 Å². The van der Waals surface area contributed by atoms with E-state index in [1.165, 1.54) is 12.8 Å². The van der Waals surface area contributed by atoms with E-state index in [0.717, 1.165) is 19.3 Å². The molecular weight excluding hydrogens is 210 g/mol. The first-order chi connectivity index (χ1) is 5.95. The maximum Gasteiger partial charge on any atom is 0.297 e. The van der Waals surface area contributed by atoms with Crippen LogP contribution in [0.15, 0.2) is 0 Å². The second kappa shape index (κ2) is 6.62. The Morgan fingerprint density at radius 2 is 1.92 bits per heavy atom. The lowest BCUT2D eigenvalue weighted by Gasteiger charge is -2.09. The van der Waals surface area contributed by atoms with Gasteiger partial charge in [-0.1, -0.05) is 32.6 Å². The van der Waals surface area contributed by atoms with Crippen LogP contribution < -0.4 is 4.72 Å². The topological polar surface area (TPSA) is 46.2 Å². The van der Waals surface area contributed by atoms with Crippen molar-refractivity contribution >= 4 is 19.9 Å². The van der Waals surface area contributed by atoms with Crippen LogP contribution in [0.3, 0.4) is 0 Å². The Labute approximate surface area is 85.4 Å². The molecule has 0 fully saturated rings. The first kappa shape index (κ1) is 13.2. The van der Waals surface area contributed by atoms with Gasteiger partial charge in [-0.25, -0.2) is 0 Å². The minimum Gasteiger partial charge on any atom is -0.199 e. The molecule has 0 aromatic heterocycles. The van der Waals surface area contributed by atoms with E-state index >= 15 is 0 Å². The first-order valence-electron chi connectivity index (χ1n) is 4.67. The van der Waals surface area contributed by atoms with E-state index in [-0.39, 0.29) is 6.04 Å². The minimum absolute atomic E-state index is 0.0562. The zero-order valence-electron chi connectivity index (χ0n) is 8.22. The van der Waals surface area contributed by atoms with Gasteiger partial charge in [-0.15, -0.1) is 0 Å². The van der Waals surface area contributed by atoms with Crippen LogP contribution in [0.4, 0.5) is 0 Å². The Kier molecular flexibility index (Phi) is 6.73. The van der Waals surface area contributed by atoms with Crippen LogP contribution in [0, 0.1) is 0 Å². The Balaban J connectivity index is 3.47. The SMILES string of the molecule is CCCCCCC(C)NS(=O)(=O)Cl. The quantitative estimate of drug-likeness (QED) is 0.536. The molecule has 0 rings (SSSR count). The van der Waals surface area contributed by atoms with Crippen LogP contribution in [0.2, 0.25) is 0 Å². The number of halogens is 1. The monoisotopic (exact) mass is 227 g/mol. The summed E-state index contributed by atoms with van der Waals surface area (Å²) in [6.45, 7) is 3.97. The van der Waals surface area contributed by atoms with Gasteiger partial charge in [0, 0.05) is 16.7 Å². The lowest BCUT2D eigenvalue weighted by molar-refractivity contribution is 0.529. The molecule has 0 aliphatic rings. The highest BCUT2D eigenvalue weighted by molar-refractivity contribution is 8.12. The van der Waals surface area contributed by atoms with Crippen molar-refractivity contribution in [1.29, 1.82) is 0 Å². The number of rotatable bonds is 7. The molecule has 0 saturated carbocycles. The van der Waals surface area contributed by atoms with Gasteiger partial charge in [0.2, 0.25) is 0 Å². The highest BCUT2D eigenvalue weighted by Crippen LogP contribution is 2.06. The third-order valence-corrected chi connectivity index (χ3v) is 2.78. The summed E-state index contributed by atoms with van der Waals surface area (Å²) in [7, 11) is 1.49. The highest BCUT2D eigenvalue weighted by atomic mass is 35.7. The van der Waals surface area contributed by atoms with Crippen molar-refractivity contribution in [3.8, 4) is 0 Å². The third-order valence-electron chi connectivity index (χ3n) is 1.83. The van der Waals surface area contributed by atoms with Crippen LogP contribution in [0.5, 0.6) is 0 Å². The summed E-state index contributed by atoms with van der Waals surface area (Å²) in [5.74, 6) is 0. The van der Waals surface area contributed by atoms with Crippen molar-refractivity contribution < 1.29 is 8.42 Å². The zero-order valence-corrected chi connectivity index (χ0v) is 9.79. The van der Waals surface area contributed by atoms with Crippen molar-refractivity contribution in [2.45, 2.75) is 52.0 Å². The Hall–Kier alpha value is 0.200.